The minimum absolute atomic E-state index is 0.115. The summed E-state index contributed by atoms with van der Waals surface area (Å²) in [4.78, 5) is 17.0. The van der Waals surface area contributed by atoms with Crippen LogP contribution in [0.3, 0.4) is 0 Å². The highest BCUT2D eigenvalue weighted by molar-refractivity contribution is 7.13. The monoisotopic (exact) mass is 437 g/mol. The van der Waals surface area contributed by atoms with Crippen molar-refractivity contribution in [3.05, 3.63) is 59.3 Å². The summed E-state index contributed by atoms with van der Waals surface area (Å²) in [6.45, 7) is 0.773. The van der Waals surface area contributed by atoms with Gasteiger partial charge in [0.25, 0.3) is 0 Å². The Kier molecular flexibility index (Phi) is 5.33. The van der Waals surface area contributed by atoms with Crippen LogP contribution in [0.15, 0.2) is 46.4 Å². The molecule has 4 heterocycles. The second kappa shape index (κ2) is 8.43. The molecular weight excluding hydrogens is 417 g/mol. The molecule has 158 valence electrons. The lowest BCUT2D eigenvalue weighted by molar-refractivity contribution is -0.115. The van der Waals surface area contributed by atoms with Crippen LogP contribution in [-0.2, 0) is 24.2 Å². The Labute approximate surface area is 182 Å². The number of carbonyl (C=O) groups is 1. The minimum atomic E-state index is -0.389. The number of aryl methyl sites for hydroxylation is 1. The van der Waals surface area contributed by atoms with Crippen LogP contribution in [0.25, 0.3) is 22.2 Å². The Balaban J connectivity index is 1.33. The molecular formula is C22H20FN5O2S. The van der Waals surface area contributed by atoms with Crippen molar-refractivity contribution in [2.45, 2.75) is 38.6 Å². The van der Waals surface area contributed by atoms with Crippen LogP contribution in [0.2, 0.25) is 0 Å². The van der Waals surface area contributed by atoms with E-state index in [1.807, 2.05) is 16.0 Å². The van der Waals surface area contributed by atoms with E-state index in [0.717, 1.165) is 43.1 Å². The van der Waals surface area contributed by atoms with Crippen molar-refractivity contribution in [3.63, 3.8) is 0 Å². The predicted molar refractivity (Wildman–Crippen MR) is 115 cm³/mol. The van der Waals surface area contributed by atoms with Gasteiger partial charge in [0.15, 0.2) is 16.6 Å². The third-order valence-electron chi connectivity index (χ3n) is 5.23. The molecule has 9 heteroatoms. The van der Waals surface area contributed by atoms with Gasteiger partial charge in [0, 0.05) is 24.0 Å². The number of halogens is 1. The van der Waals surface area contributed by atoms with Crippen LogP contribution in [0, 0.1) is 5.82 Å². The summed E-state index contributed by atoms with van der Waals surface area (Å²) in [5.74, 6) is 1.45. The normalized spacial score (nSPS) is 13.6. The van der Waals surface area contributed by atoms with Gasteiger partial charge in [-0.15, -0.1) is 21.5 Å². The van der Waals surface area contributed by atoms with E-state index in [1.54, 1.807) is 24.5 Å². The van der Waals surface area contributed by atoms with Gasteiger partial charge in [-0.05, 0) is 43.2 Å². The Morgan fingerprint density at radius 1 is 1.23 bits per heavy atom. The summed E-state index contributed by atoms with van der Waals surface area (Å²) in [5.41, 5.74) is 1.50. The van der Waals surface area contributed by atoms with Crippen LogP contribution in [0.4, 0.5) is 10.1 Å². The van der Waals surface area contributed by atoms with Gasteiger partial charge in [0.1, 0.15) is 11.6 Å². The lowest BCUT2D eigenvalue weighted by Gasteiger charge is -2.10. The molecule has 3 aromatic heterocycles. The number of carbonyl (C=O) groups excluding carboxylic acids is 1. The second-order valence-electron chi connectivity index (χ2n) is 7.44. The molecule has 1 amide bonds. The lowest BCUT2D eigenvalue weighted by atomic mass is 10.1. The summed E-state index contributed by atoms with van der Waals surface area (Å²) in [6.07, 6.45) is 5.75. The molecule has 0 radical (unpaired) electrons. The number of benzene rings is 1. The van der Waals surface area contributed by atoms with Gasteiger partial charge < -0.3 is 14.3 Å². The molecule has 1 aromatic carbocycles. The van der Waals surface area contributed by atoms with Gasteiger partial charge in [0.05, 0.1) is 23.9 Å². The number of nitrogens with zero attached hydrogens (tertiary/aromatic N) is 4. The maximum Gasteiger partial charge on any atom is 0.230 e. The van der Waals surface area contributed by atoms with E-state index >= 15 is 0 Å². The molecule has 0 atom stereocenters. The van der Waals surface area contributed by atoms with Crippen LogP contribution in [0.5, 0.6) is 0 Å². The zero-order chi connectivity index (χ0) is 21.2. The fraction of sp³-hybridized carbons (Fsp3) is 0.273. The summed E-state index contributed by atoms with van der Waals surface area (Å²) in [6, 6.07) is 8.13. The summed E-state index contributed by atoms with van der Waals surface area (Å²) < 4.78 is 21.9. The molecule has 1 N–H and O–H groups in total. The van der Waals surface area contributed by atoms with E-state index in [9.17, 15) is 9.18 Å². The molecule has 0 unspecified atom stereocenters. The number of amides is 1. The second-order valence-corrected chi connectivity index (χ2v) is 8.30. The van der Waals surface area contributed by atoms with Gasteiger partial charge in [-0.3, -0.25) is 4.79 Å². The number of aromatic nitrogens is 4. The van der Waals surface area contributed by atoms with Crippen LogP contribution < -0.4 is 5.32 Å². The molecule has 0 bridgehead atoms. The minimum Gasteiger partial charge on any atom is -0.462 e. The molecule has 1 aliphatic rings. The molecule has 0 saturated heterocycles. The molecule has 7 nitrogen and oxygen atoms in total. The summed E-state index contributed by atoms with van der Waals surface area (Å²) in [5, 5.41) is 13.9. The molecule has 31 heavy (non-hydrogen) atoms. The fourth-order valence-corrected chi connectivity index (χ4v) is 4.52. The Bertz CT molecular complexity index is 1210. The third kappa shape index (κ3) is 4.13. The topological polar surface area (TPSA) is 85.8 Å². The number of hydrogen-bond donors (Lipinski definition) is 1. The predicted octanol–water partition coefficient (Wildman–Crippen LogP) is 4.71. The molecule has 0 fully saturated rings. The Morgan fingerprint density at radius 3 is 3.03 bits per heavy atom. The van der Waals surface area contributed by atoms with Crippen molar-refractivity contribution < 1.29 is 13.6 Å². The van der Waals surface area contributed by atoms with E-state index < -0.39 is 0 Å². The fourth-order valence-electron chi connectivity index (χ4n) is 3.73. The number of rotatable bonds is 5. The van der Waals surface area contributed by atoms with E-state index in [0.29, 0.717) is 28.5 Å². The van der Waals surface area contributed by atoms with Gasteiger partial charge >= 0.3 is 0 Å². The van der Waals surface area contributed by atoms with E-state index in [2.05, 4.69) is 20.5 Å². The number of furan rings is 1. The quantitative estimate of drug-likeness (QED) is 0.489. The lowest BCUT2D eigenvalue weighted by Crippen LogP contribution is -2.15. The SMILES string of the molecule is O=C(Cc1csc(-c2ccco2)n1)Nc1ccc(F)c(-c2nnc3n2CCCCC3)c1. The number of anilines is 1. The maximum absolute atomic E-state index is 14.6. The highest BCUT2D eigenvalue weighted by atomic mass is 32.1. The molecule has 0 spiro atoms. The molecule has 0 saturated carbocycles. The van der Waals surface area contributed by atoms with Gasteiger partial charge in [-0.2, -0.15) is 0 Å². The maximum atomic E-state index is 14.6. The van der Waals surface area contributed by atoms with Crippen molar-refractivity contribution in [2.24, 2.45) is 0 Å². The number of nitrogens with one attached hydrogen (secondary N) is 1. The average Bonchev–Trinajstić information content (AvgIpc) is 3.49. The van der Waals surface area contributed by atoms with Gasteiger partial charge in [-0.25, -0.2) is 9.37 Å². The summed E-state index contributed by atoms with van der Waals surface area (Å²) in [7, 11) is 0. The molecule has 0 aliphatic carbocycles. The van der Waals surface area contributed by atoms with Crippen molar-refractivity contribution >= 4 is 22.9 Å². The smallest absolute Gasteiger partial charge is 0.230 e. The van der Waals surface area contributed by atoms with E-state index in [-0.39, 0.29) is 18.1 Å². The van der Waals surface area contributed by atoms with Crippen LogP contribution in [0.1, 0.15) is 30.8 Å². The molecule has 4 aromatic rings. The first-order valence-corrected chi connectivity index (χ1v) is 11.1. The number of hydrogen-bond acceptors (Lipinski definition) is 6. The zero-order valence-corrected chi connectivity index (χ0v) is 17.5. The van der Waals surface area contributed by atoms with Gasteiger partial charge in [0.2, 0.25) is 5.91 Å². The average molecular weight is 438 g/mol. The van der Waals surface area contributed by atoms with E-state index in [4.69, 9.17) is 4.42 Å². The zero-order valence-electron chi connectivity index (χ0n) is 16.7. The number of thiazole rings is 1. The summed E-state index contributed by atoms with van der Waals surface area (Å²) >= 11 is 1.42. The third-order valence-corrected chi connectivity index (χ3v) is 6.13. The molecule has 1 aliphatic heterocycles. The van der Waals surface area contributed by atoms with Crippen molar-refractivity contribution in [2.75, 3.05) is 5.32 Å². The van der Waals surface area contributed by atoms with E-state index in [1.165, 1.54) is 17.4 Å². The highest BCUT2D eigenvalue weighted by Crippen LogP contribution is 2.28. The largest absolute Gasteiger partial charge is 0.462 e. The Hall–Kier alpha value is -3.33. The standard InChI is InChI=1S/C22H20FN5O2S/c23-17-8-7-14(11-16(17)21-27-26-19-6-2-1-3-9-28(19)21)24-20(29)12-15-13-31-22(25-15)18-5-4-10-30-18/h4-5,7-8,10-11,13H,1-3,6,9,12H2,(H,24,29). The van der Waals surface area contributed by atoms with Gasteiger partial charge in [-0.1, -0.05) is 6.42 Å². The van der Waals surface area contributed by atoms with Crippen LogP contribution >= 0.6 is 11.3 Å². The first-order valence-electron chi connectivity index (χ1n) is 10.2. The highest BCUT2D eigenvalue weighted by Gasteiger charge is 2.19. The first-order chi connectivity index (χ1) is 15.2. The van der Waals surface area contributed by atoms with Crippen molar-refractivity contribution in [1.82, 2.24) is 19.7 Å². The first kappa shape index (κ1) is 19.6. The Morgan fingerprint density at radius 2 is 2.16 bits per heavy atom. The number of fused-ring (bicyclic) bond motifs is 1. The van der Waals surface area contributed by atoms with Crippen molar-refractivity contribution in [1.29, 1.82) is 0 Å². The van der Waals surface area contributed by atoms with Crippen molar-refractivity contribution in [3.8, 4) is 22.2 Å². The molecule has 5 rings (SSSR count). The van der Waals surface area contributed by atoms with Crippen LogP contribution in [-0.4, -0.2) is 25.7 Å².